The Kier molecular flexibility index (Phi) is 12.4. The average Bonchev–Trinajstić information content (AvgIpc) is 2.67. The first-order valence-electron chi connectivity index (χ1n) is 9.93. The first-order valence-corrected chi connectivity index (χ1v) is 9.93. The second-order valence-corrected chi connectivity index (χ2v) is 7.42. The first-order chi connectivity index (χ1) is 13.9. The Balaban J connectivity index is 0.000000642. The van der Waals surface area contributed by atoms with Crippen molar-refractivity contribution in [3.8, 4) is 11.5 Å². The molecule has 9 nitrogen and oxygen atoms in total. The molecule has 1 aromatic rings. The summed E-state index contributed by atoms with van der Waals surface area (Å²) in [7, 11) is 0. The summed E-state index contributed by atoms with van der Waals surface area (Å²) < 4.78 is 4.51. The number of nitrogens with one attached hydrogen (secondary N) is 1. The van der Waals surface area contributed by atoms with Crippen molar-refractivity contribution in [3.63, 3.8) is 0 Å². The number of hydrogen-bond acceptors (Lipinski definition) is 8. The number of carbonyl (C=O) groups excluding carboxylic acids is 3. The lowest BCUT2D eigenvalue weighted by Crippen LogP contribution is -2.53. The van der Waals surface area contributed by atoms with Gasteiger partial charge in [-0.2, -0.15) is 0 Å². The molecular formula is C21H35N3O6. The molecule has 0 bridgehead atoms. The molecular weight excluding hydrogens is 390 g/mol. The minimum absolute atomic E-state index is 0.0108. The summed E-state index contributed by atoms with van der Waals surface area (Å²) in [6.07, 6.45) is 1.48. The number of rotatable bonds is 8. The van der Waals surface area contributed by atoms with E-state index in [2.05, 4.69) is 10.1 Å². The number of phenolic OH excluding ortho intramolecular Hbond substituents is 2. The topological polar surface area (TPSA) is 165 Å². The van der Waals surface area contributed by atoms with Gasteiger partial charge in [-0.15, -0.1) is 0 Å². The second kappa shape index (κ2) is 13.6. The third kappa shape index (κ3) is 9.71. The van der Waals surface area contributed by atoms with Crippen molar-refractivity contribution < 1.29 is 29.3 Å². The van der Waals surface area contributed by atoms with E-state index in [1.807, 2.05) is 13.8 Å². The number of benzene rings is 1. The first kappa shape index (κ1) is 27.4. The number of phenols is 2. The zero-order valence-electron chi connectivity index (χ0n) is 18.3. The number of carbonyl (C=O) groups is 3. The van der Waals surface area contributed by atoms with E-state index in [-0.39, 0.29) is 23.3 Å². The van der Waals surface area contributed by atoms with Gasteiger partial charge < -0.3 is 31.7 Å². The average molecular weight is 426 g/mol. The Hall–Kier alpha value is -2.65. The summed E-state index contributed by atoms with van der Waals surface area (Å²) in [6, 6.07) is 3.16. The lowest BCUT2D eigenvalue weighted by molar-refractivity contribution is -0.161. The highest BCUT2D eigenvalue weighted by molar-refractivity contribution is 5.92. The predicted molar refractivity (Wildman–Crippen MR) is 114 cm³/mol. The van der Waals surface area contributed by atoms with Crippen molar-refractivity contribution in [2.45, 2.75) is 59.5 Å². The molecule has 0 aromatic heterocycles. The molecule has 0 aliphatic carbocycles. The largest absolute Gasteiger partial charge is 0.504 e. The number of ether oxygens (including phenoxy) is 1. The Bertz CT molecular complexity index is 708. The van der Waals surface area contributed by atoms with Crippen LogP contribution in [0, 0.1) is 11.8 Å². The molecule has 0 saturated heterocycles. The fourth-order valence-corrected chi connectivity index (χ4v) is 2.36. The van der Waals surface area contributed by atoms with Crippen LogP contribution in [-0.2, 0) is 25.5 Å². The van der Waals surface area contributed by atoms with Crippen molar-refractivity contribution in [2.24, 2.45) is 23.3 Å². The molecule has 170 valence electrons. The van der Waals surface area contributed by atoms with Gasteiger partial charge in [0.1, 0.15) is 6.04 Å². The maximum atomic E-state index is 11.9. The molecule has 0 radical (unpaired) electrons. The molecule has 2 unspecified atom stereocenters. The van der Waals surface area contributed by atoms with E-state index in [4.69, 9.17) is 21.7 Å². The Morgan fingerprint density at radius 1 is 1.13 bits per heavy atom. The van der Waals surface area contributed by atoms with Crippen molar-refractivity contribution in [2.75, 3.05) is 6.54 Å². The highest BCUT2D eigenvalue weighted by Gasteiger charge is 2.29. The van der Waals surface area contributed by atoms with E-state index in [1.165, 1.54) is 12.1 Å². The summed E-state index contributed by atoms with van der Waals surface area (Å²) in [5.41, 5.74) is 12.0. The number of hydrogen-bond donors (Lipinski definition) is 5. The van der Waals surface area contributed by atoms with Crippen LogP contribution in [0.5, 0.6) is 11.5 Å². The SMILES string of the molecule is CCC(C)[C@H](N)C(=O)NC(C(=O)OC(C)=O)C(C)C.NCCc1ccc(O)c(O)c1. The molecule has 7 N–H and O–H groups in total. The summed E-state index contributed by atoms with van der Waals surface area (Å²) in [4.78, 5) is 34.4. The highest BCUT2D eigenvalue weighted by atomic mass is 16.6. The molecule has 9 heteroatoms. The molecule has 1 amide bonds. The fourth-order valence-electron chi connectivity index (χ4n) is 2.36. The van der Waals surface area contributed by atoms with Crippen LogP contribution in [0.1, 0.15) is 46.6 Å². The maximum absolute atomic E-state index is 11.9. The minimum atomic E-state index is -0.869. The number of amides is 1. The number of nitrogens with two attached hydrogens (primary N) is 2. The van der Waals surface area contributed by atoms with Gasteiger partial charge in [-0.1, -0.05) is 40.2 Å². The molecule has 1 aromatic carbocycles. The zero-order chi connectivity index (χ0) is 23.4. The van der Waals surface area contributed by atoms with Crippen LogP contribution in [0.25, 0.3) is 0 Å². The molecule has 0 aliphatic rings. The molecule has 0 saturated carbocycles. The highest BCUT2D eigenvalue weighted by Crippen LogP contribution is 2.24. The van der Waals surface area contributed by atoms with Gasteiger partial charge in [-0.25, -0.2) is 4.79 Å². The number of esters is 2. The van der Waals surface area contributed by atoms with Gasteiger partial charge in [0.2, 0.25) is 5.91 Å². The monoisotopic (exact) mass is 425 g/mol. The third-order valence-electron chi connectivity index (χ3n) is 4.50. The van der Waals surface area contributed by atoms with Crippen LogP contribution in [0.2, 0.25) is 0 Å². The molecule has 3 atom stereocenters. The second-order valence-electron chi connectivity index (χ2n) is 7.42. The Morgan fingerprint density at radius 3 is 2.17 bits per heavy atom. The lowest BCUT2D eigenvalue weighted by Gasteiger charge is -2.24. The van der Waals surface area contributed by atoms with Crippen LogP contribution >= 0.6 is 0 Å². The molecule has 0 spiro atoms. The summed E-state index contributed by atoms with van der Waals surface area (Å²) in [5, 5.41) is 20.5. The maximum Gasteiger partial charge on any atom is 0.336 e. The van der Waals surface area contributed by atoms with E-state index >= 15 is 0 Å². The summed E-state index contributed by atoms with van der Waals surface area (Å²) in [6.45, 7) is 8.98. The van der Waals surface area contributed by atoms with Crippen molar-refractivity contribution in [1.29, 1.82) is 0 Å². The summed E-state index contributed by atoms with van der Waals surface area (Å²) in [5.74, 6) is -2.23. The summed E-state index contributed by atoms with van der Waals surface area (Å²) >= 11 is 0. The smallest absolute Gasteiger partial charge is 0.336 e. The van der Waals surface area contributed by atoms with Gasteiger partial charge >= 0.3 is 11.9 Å². The molecule has 1 rings (SSSR count). The van der Waals surface area contributed by atoms with E-state index < -0.39 is 29.9 Å². The van der Waals surface area contributed by atoms with Crippen LogP contribution in [0.15, 0.2) is 18.2 Å². The van der Waals surface area contributed by atoms with E-state index in [9.17, 15) is 14.4 Å². The van der Waals surface area contributed by atoms with E-state index in [0.717, 1.165) is 18.9 Å². The van der Waals surface area contributed by atoms with Crippen molar-refractivity contribution >= 4 is 17.8 Å². The standard InChI is InChI=1S/C13H24N2O4.C8H11NO2/c1-6-8(4)10(14)12(17)15-11(7(2)3)13(18)19-9(5)16;9-4-3-6-1-2-7(10)8(11)5-6/h7-8,10-11H,6,14H2,1-5H3,(H,15,17);1-2,5,10-11H,3-4,9H2/t8?,10-,11?;/m0./s1. The van der Waals surface area contributed by atoms with Crippen LogP contribution in [0.4, 0.5) is 0 Å². The van der Waals surface area contributed by atoms with Gasteiger partial charge in [0.05, 0.1) is 6.04 Å². The predicted octanol–water partition coefficient (Wildman–Crippen LogP) is 1.19. The van der Waals surface area contributed by atoms with Gasteiger partial charge in [-0.3, -0.25) is 9.59 Å². The molecule has 0 fully saturated rings. The Morgan fingerprint density at radius 2 is 1.73 bits per heavy atom. The normalized spacial score (nSPS) is 13.5. The van der Waals surface area contributed by atoms with Gasteiger partial charge in [0, 0.05) is 6.92 Å². The molecule has 0 aliphatic heterocycles. The van der Waals surface area contributed by atoms with Crippen LogP contribution in [0.3, 0.4) is 0 Å². The third-order valence-corrected chi connectivity index (χ3v) is 4.50. The van der Waals surface area contributed by atoms with Crippen LogP contribution < -0.4 is 16.8 Å². The Labute approximate surface area is 177 Å². The van der Waals surface area contributed by atoms with Crippen molar-refractivity contribution in [1.82, 2.24) is 5.32 Å². The van der Waals surface area contributed by atoms with Crippen molar-refractivity contribution in [3.05, 3.63) is 23.8 Å². The van der Waals surface area contributed by atoms with Gasteiger partial charge in [-0.05, 0) is 42.5 Å². The lowest BCUT2D eigenvalue weighted by atomic mass is 9.98. The van der Waals surface area contributed by atoms with E-state index in [1.54, 1.807) is 19.9 Å². The fraction of sp³-hybridized carbons (Fsp3) is 0.571. The minimum Gasteiger partial charge on any atom is -0.504 e. The quantitative estimate of drug-likeness (QED) is 0.235. The van der Waals surface area contributed by atoms with Gasteiger partial charge in [0.15, 0.2) is 11.5 Å². The molecule has 30 heavy (non-hydrogen) atoms. The number of aromatic hydroxyl groups is 2. The zero-order valence-corrected chi connectivity index (χ0v) is 18.3. The van der Waals surface area contributed by atoms with E-state index in [0.29, 0.717) is 13.0 Å². The van der Waals surface area contributed by atoms with Gasteiger partial charge in [0.25, 0.3) is 0 Å². The molecule has 0 heterocycles. The van der Waals surface area contributed by atoms with Crippen LogP contribution in [-0.4, -0.2) is 46.7 Å².